The lowest BCUT2D eigenvalue weighted by Gasteiger charge is -2.16. The molecular weight excluding hydrogens is 311 g/mol. The Balaban J connectivity index is 1.79. The topological polar surface area (TPSA) is 52.9 Å². The minimum atomic E-state index is -0.984. The van der Waals surface area contributed by atoms with Gasteiger partial charge in [-0.2, -0.15) is 5.26 Å². The van der Waals surface area contributed by atoms with Gasteiger partial charge in [-0.05, 0) is 42.9 Å². The van der Waals surface area contributed by atoms with Gasteiger partial charge in [0, 0.05) is 10.4 Å². The second-order valence-electron chi connectivity index (χ2n) is 5.96. The number of fused-ring (bicyclic) bond motifs is 1. The van der Waals surface area contributed by atoms with Gasteiger partial charge in [0.1, 0.15) is 11.9 Å². The van der Waals surface area contributed by atoms with Crippen molar-refractivity contribution in [1.29, 1.82) is 5.26 Å². The molecule has 0 spiro atoms. The number of benzene rings is 1. The van der Waals surface area contributed by atoms with Crippen LogP contribution in [0, 0.1) is 23.1 Å². The maximum absolute atomic E-state index is 13.8. The van der Waals surface area contributed by atoms with Crippen molar-refractivity contribution in [3.63, 3.8) is 0 Å². The number of amides is 1. The van der Waals surface area contributed by atoms with Crippen LogP contribution < -0.4 is 5.32 Å². The molecule has 1 aromatic carbocycles. The molecule has 1 N–H and O–H groups in total. The summed E-state index contributed by atoms with van der Waals surface area (Å²) in [6, 6.07) is 8.91. The van der Waals surface area contributed by atoms with Crippen molar-refractivity contribution >= 4 is 17.2 Å². The highest BCUT2D eigenvalue weighted by molar-refractivity contribution is 7.14. The molecule has 3 rings (SSSR count). The molecule has 118 valence electrons. The van der Waals surface area contributed by atoms with Crippen LogP contribution in [0.2, 0.25) is 0 Å². The van der Waals surface area contributed by atoms with E-state index in [1.165, 1.54) is 33.9 Å². The van der Waals surface area contributed by atoms with Crippen molar-refractivity contribution in [3.05, 3.63) is 57.0 Å². The van der Waals surface area contributed by atoms with Crippen molar-refractivity contribution in [2.24, 2.45) is 5.92 Å². The molecule has 0 fully saturated rings. The van der Waals surface area contributed by atoms with Crippen molar-refractivity contribution < 1.29 is 9.18 Å². The SMILES string of the molecule is CC1CCc2sc(C(=O)NC(C#N)c3ccccc3F)cc2C1. The van der Waals surface area contributed by atoms with Gasteiger partial charge in [-0.15, -0.1) is 11.3 Å². The summed E-state index contributed by atoms with van der Waals surface area (Å²) in [4.78, 5) is 14.3. The Kier molecular flexibility index (Phi) is 4.44. The van der Waals surface area contributed by atoms with Crippen LogP contribution in [0.1, 0.15) is 45.1 Å². The van der Waals surface area contributed by atoms with E-state index >= 15 is 0 Å². The van der Waals surface area contributed by atoms with Crippen LogP contribution >= 0.6 is 11.3 Å². The molecule has 0 radical (unpaired) electrons. The van der Waals surface area contributed by atoms with Gasteiger partial charge in [-0.3, -0.25) is 4.79 Å². The van der Waals surface area contributed by atoms with Crippen molar-refractivity contribution in [3.8, 4) is 6.07 Å². The standard InChI is InChI=1S/C18H17FN2OS/c1-11-6-7-16-12(8-11)9-17(23-16)18(22)21-15(10-20)13-4-2-3-5-14(13)19/h2-5,9,11,15H,6-8H2,1H3,(H,21,22). The fourth-order valence-corrected chi connectivity index (χ4v) is 4.02. The van der Waals surface area contributed by atoms with E-state index < -0.39 is 11.9 Å². The summed E-state index contributed by atoms with van der Waals surface area (Å²) in [6.07, 6.45) is 3.14. The summed E-state index contributed by atoms with van der Waals surface area (Å²) < 4.78 is 13.8. The summed E-state index contributed by atoms with van der Waals surface area (Å²) in [5.41, 5.74) is 1.43. The fraction of sp³-hybridized carbons (Fsp3) is 0.333. The number of hydrogen-bond donors (Lipinski definition) is 1. The normalized spacial score (nSPS) is 17.9. The number of hydrogen-bond acceptors (Lipinski definition) is 3. The van der Waals surface area contributed by atoms with Crippen LogP contribution in [0.4, 0.5) is 4.39 Å². The number of nitrogens with zero attached hydrogens (tertiary/aromatic N) is 1. The molecule has 1 amide bonds. The molecule has 0 saturated carbocycles. The van der Waals surface area contributed by atoms with E-state index in [4.69, 9.17) is 0 Å². The van der Waals surface area contributed by atoms with Crippen LogP contribution in [-0.2, 0) is 12.8 Å². The molecule has 5 heteroatoms. The molecule has 2 atom stereocenters. The minimum absolute atomic E-state index is 0.193. The number of halogens is 1. The third kappa shape index (κ3) is 3.27. The van der Waals surface area contributed by atoms with Gasteiger partial charge in [0.05, 0.1) is 10.9 Å². The molecule has 1 aliphatic carbocycles. The predicted octanol–water partition coefficient (Wildman–Crippen LogP) is 4.01. The Morgan fingerprint density at radius 2 is 2.26 bits per heavy atom. The lowest BCUT2D eigenvalue weighted by atomic mass is 9.90. The summed E-state index contributed by atoms with van der Waals surface area (Å²) in [7, 11) is 0. The van der Waals surface area contributed by atoms with Crippen molar-refractivity contribution in [2.75, 3.05) is 0 Å². The zero-order valence-corrected chi connectivity index (χ0v) is 13.6. The van der Waals surface area contributed by atoms with Gasteiger partial charge >= 0.3 is 0 Å². The molecule has 2 unspecified atom stereocenters. The molecule has 3 nitrogen and oxygen atoms in total. The van der Waals surface area contributed by atoms with Crippen LogP contribution in [0.5, 0.6) is 0 Å². The van der Waals surface area contributed by atoms with Gasteiger partial charge < -0.3 is 5.32 Å². The largest absolute Gasteiger partial charge is 0.332 e. The first-order valence-corrected chi connectivity index (χ1v) is 8.46. The van der Waals surface area contributed by atoms with E-state index in [0.717, 1.165) is 19.3 Å². The molecule has 1 aliphatic rings. The van der Waals surface area contributed by atoms with Crippen LogP contribution in [0.15, 0.2) is 30.3 Å². The molecule has 0 saturated heterocycles. The lowest BCUT2D eigenvalue weighted by molar-refractivity contribution is 0.0948. The van der Waals surface area contributed by atoms with Crippen LogP contribution in [-0.4, -0.2) is 5.91 Å². The van der Waals surface area contributed by atoms with Gasteiger partial charge in [0.2, 0.25) is 0 Å². The average Bonchev–Trinajstić information content (AvgIpc) is 2.96. The zero-order valence-electron chi connectivity index (χ0n) is 12.8. The Labute approximate surface area is 138 Å². The summed E-state index contributed by atoms with van der Waals surface area (Å²) in [5.74, 6) is -0.163. The maximum Gasteiger partial charge on any atom is 0.262 e. The van der Waals surface area contributed by atoms with E-state index in [1.807, 2.05) is 12.1 Å². The monoisotopic (exact) mass is 328 g/mol. The second-order valence-corrected chi connectivity index (χ2v) is 7.10. The van der Waals surface area contributed by atoms with Gasteiger partial charge in [0.15, 0.2) is 0 Å². The highest BCUT2D eigenvalue weighted by atomic mass is 32.1. The van der Waals surface area contributed by atoms with Crippen molar-refractivity contribution in [1.82, 2.24) is 5.32 Å². The minimum Gasteiger partial charge on any atom is -0.332 e. The lowest BCUT2D eigenvalue weighted by Crippen LogP contribution is -2.27. The Morgan fingerprint density at radius 1 is 1.48 bits per heavy atom. The molecule has 1 aromatic heterocycles. The van der Waals surface area contributed by atoms with Crippen molar-refractivity contribution in [2.45, 2.75) is 32.2 Å². The molecular formula is C18H17FN2OS. The number of carbonyl (C=O) groups is 1. The third-order valence-electron chi connectivity index (χ3n) is 4.17. The predicted molar refractivity (Wildman–Crippen MR) is 87.7 cm³/mol. The fourth-order valence-electron chi connectivity index (χ4n) is 2.91. The first-order valence-electron chi connectivity index (χ1n) is 7.65. The smallest absolute Gasteiger partial charge is 0.262 e. The number of carbonyl (C=O) groups excluding carboxylic acids is 1. The molecule has 2 aromatic rings. The van der Waals surface area contributed by atoms with E-state index in [-0.39, 0.29) is 11.5 Å². The van der Waals surface area contributed by atoms with Gasteiger partial charge in [-0.1, -0.05) is 25.1 Å². The van der Waals surface area contributed by atoms with Gasteiger partial charge in [-0.25, -0.2) is 4.39 Å². The number of nitrogens with one attached hydrogen (secondary N) is 1. The van der Waals surface area contributed by atoms with Crippen LogP contribution in [0.3, 0.4) is 0 Å². The summed E-state index contributed by atoms with van der Waals surface area (Å²) >= 11 is 1.48. The average molecular weight is 328 g/mol. The number of rotatable bonds is 3. The number of thiophene rings is 1. The molecule has 0 aliphatic heterocycles. The molecule has 0 bridgehead atoms. The Hall–Kier alpha value is -2.19. The third-order valence-corrected chi connectivity index (χ3v) is 5.41. The van der Waals surface area contributed by atoms with Gasteiger partial charge in [0.25, 0.3) is 5.91 Å². The number of aryl methyl sites for hydroxylation is 1. The zero-order chi connectivity index (χ0) is 16.4. The van der Waals surface area contributed by atoms with E-state index in [1.54, 1.807) is 12.1 Å². The summed E-state index contributed by atoms with van der Waals surface area (Å²) in [6.45, 7) is 2.21. The highest BCUT2D eigenvalue weighted by Crippen LogP contribution is 2.32. The van der Waals surface area contributed by atoms with E-state index in [2.05, 4.69) is 12.2 Å². The quantitative estimate of drug-likeness (QED) is 0.925. The maximum atomic E-state index is 13.8. The molecule has 23 heavy (non-hydrogen) atoms. The summed E-state index contributed by atoms with van der Waals surface area (Å²) in [5, 5.41) is 11.9. The Bertz CT molecular complexity index is 778. The molecule has 1 heterocycles. The van der Waals surface area contributed by atoms with Crippen LogP contribution in [0.25, 0.3) is 0 Å². The number of nitriles is 1. The first kappa shape index (κ1) is 15.7. The highest BCUT2D eigenvalue weighted by Gasteiger charge is 2.23. The Morgan fingerprint density at radius 3 is 3.00 bits per heavy atom. The second kappa shape index (κ2) is 6.51. The van der Waals surface area contributed by atoms with E-state index in [0.29, 0.717) is 10.8 Å². The first-order chi connectivity index (χ1) is 11.1. The van der Waals surface area contributed by atoms with E-state index in [9.17, 15) is 14.4 Å².